The minimum absolute atomic E-state index is 1.10. The van der Waals surface area contributed by atoms with Crippen molar-refractivity contribution in [2.75, 3.05) is 0 Å². The molecule has 0 aliphatic heterocycles. The van der Waals surface area contributed by atoms with Crippen molar-refractivity contribution in [1.82, 2.24) is 4.57 Å². The van der Waals surface area contributed by atoms with Gasteiger partial charge in [0.1, 0.15) is 0 Å². The molecule has 0 aliphatic carbocycles. The quantitative estimate of drug-likeness (QED) is 0.644. The maximum Gasteiger partial charge on any atom is 0.0912 e. The third kappa shape index (κ3) is 1.42. The van der Waals surface area contributed by atoms with Crippen LogP contribution in [0.4, 0.5) is 0 Å². The summed E-state index contributed by atoms with van der Waals surface area (Å²) in [6, 6.07) is 10.3. The molecule has 0 radical (unpaired) electrons. The van der Waals surface area contributed by atoms with Crippen molar-refractivity contribution in [1.29, 1.82) is 5.26 Å². The van der Waals surface area contributed by atoms with E-state index >= 15 is 0 Å². The summed E-state index contributed by atoms with van der Waals surface area (Å²) in [7, 11) is 2.02. The lowest BCUT2D eigenvalue weighted by atomic mass is 10.1. The van der Waals surface area contributed by atoms with Gasteiger partial charge in [0.05, 0.1) is 6.07 Å². The Morgan fingerprint density at radius 1 is 1.33 bits per heavy atom. The Labute approximate surface area is 89.1 Å². The molecule has 0 saturated carbocycles. The zero-order chi connectivity index (χ0) is 10.8. The van der Waals surface area contributed by atoms with E-state index in [4.69, 9.17) is 5.26 Å². The van der Waals surface area contributed by atoms with Crippen molar-refractivity contribution in [3.05, 3.63) is 41.6 Å². The van der Waals surface area contributed by atoms with Gasteiger partial charge in [0.25, 0.3) is 0 Å². The summed E-state index contributed by atoms with van der Waals surface area (Å²) < 4.78 is 2.11. The maximum absolute atomic E-state index is 8.54. The number of rotatable bonds is 1. The molecule has 1 aromatic heterocycles. The largest absolute Gasteiger partial charge is 0.344 e. The smallest absolute Gasteiger partial charge is 0.0912 e. The lowest BCUT2D eigenvalue weighted by Crippen LogP contribution is -1.90. The zero-order valence-electron chi connectivity index (χ0n) is 8.86. The van der Waals surface area contributed by atoms with E-state index in [1.807, 2.05) is 31.3 Å². The van der Waals surface area contributed by atoms with Crippen molar-refractivity contribution >= 4 is 17.0 Å². The van der Waals surface area contributed by atoms with Crippen LogP contribution in [-0.4, -0.2) is 4.57 Å². The first-order valence-corrected chi connectivity index (χ1v) is 4.86. The maximum atomic E-state index is 8.54. The molecule has 15 heavy (non-hydrogen) atoms. The van der Waals surface area contributed by atoms with E-state index in [-0.39, 0.29) is 0 Å². The molecule has 74 valence electrons. The van der Waals surface area contributed by atoms with Gasteiger partial charge < -0.3 is 4.57 Å². The summed E-state index contributed by atoms with van der Waals surface area (Å²) in [5.74, 6) is 0. The number of fused-ring (bicyclic) bond motifs is 1. The Balaban J connectivity index is 2.76. The Morgan fingerprint density at radius 3 is 2.73 bits per heavy atom. The van der Waals surface area contributed by atoms with E-state index < -0.39 is 0 Å². The molecule has 2 aromatic rings. The molecule has 2 rings (SSSR count). The molecule has 0 unspecified atom stereocenters. The van der Waals surface area contributed by atoms with Gasteiger partial charge in [-0.1, -0.05) is 18.2 Å². The highest BCUT2D eigenvalue weighted by Gasteiger charge is 2.07. The normalized spacial score (nSPS) is 11.0. The zero-order valence-corrected chi connectivity index (χ0v) is 8.86. The van der Waals surface area contributed by atoms with Crippen LogP contribution in [0.25, 0.3) is 17.0 Å². The number of benzene rings is 1. The monoisotopic (exact) mass is 196 g/mol. The lowest BCUT2D eigenvalue weighted by molar-refractivity contribution is 0.949. The van der Waals surface area contributed by atoms with Crippen LogP contribution in [0.5, 0.6) is 0 Å². The van der Waals surface area contributed by atoms with Crippen LogP contribution in [0, 0.1) is 18.3 Å². The third-order valence-corrected chi connectivity index (χ3v) is 2.73. The van der Waals surface area contributed by atoms with Gasteiger partial charge in [-0.15, -0.1) is 0 Å². The van der Waals surface area contributed by atoms with Crippen molar-refractivity contribution in [3.63, 3.8) is 0 Å². The Kier molecular flexibility index (Phi) is 2.31. The van der Waals surface area contributed by atoms with Gasteiger partial charge in [-0.25, -0.2) is 0 Å². The fraction of sp³-hybridized carbons (Fsp3) is 0.154. The summed E-state index contributed by atoms with van der Waals surface area (Å²) in [4.78, 5) is 0. The van der Waals surface area contributed by atoms with Crippen molar-refractivity contribution in [3.8, 4) is 6.07 Å². The van der Waals surface area contributed by atoms with E-state index in [0.717, 1.165) is 5.69 Å². The van der Waals surface area contributed by atoms with Crippen LogP contribution >= 0.6 is 0 Å². The van der Waals surface area contributed by atoms with E-state index in [9.17, 15) is 0 Å². The Morgan fingerprint density at radius 2 is 2.07 bits per heavy atom. The molecule has 2 nitrogen and oxygen atoms in total. The number of nitriles is 1. The summed E-state index contributed by atoms with van der Waals surface area (Å²) >= 11 is 0. The first kappa shape index (κ1) is 9.54. The van der Waals surface area contributed by atoms with Crippen LogP contribution in [0.3, 0.4) is 0 Å². The van der Waals surface area contributed by atoms with Crippen LogP contribution < -0.4 is 0 Å². The molecular formula is C13H12N2. The number of nitrogens with zero attached hydrogens (tertiary/aromatic N) is 2. The highest BCUT2D eigenvalue weighted by molar-refractivity contribution is 5.87. The van der Waals surface area contributed by atoms with Crippen LogP contribution in [-0.2, 0) is 7.05 Å². The van der Waals surface area contributed by atoms with Gasteiger partial charge in [0.15, 0.2) is 0 Å². The van der Waals surface area contributed by atoms with Crippen molar-refractivity contribution < 1.29 is 0 Å². The van der Waals surface area contributed by atoms with Gasteiger partial charge in [-0.2, -0.15) is 5.26 Å². The van der Waals surface area contributed by atoms with Gasteiger partial charge in [0.2, 0.25) is 0 Å². The SMILES string of the molecule is Cc1c(/C=C/C#N)n(C)c2ccccc12. The van der Waals surface area contributed by atoms with E-state index in [2.05, 4.69) is 23.6 Å². The van der Waals surface area contributed by atoms with Gasteiger partial charge >= 0.3 is 0 Å². The average Bonchev–Trinajstić information content (AvgIpc) is 2.51. The standard InChI is InChI=1S/C13H12N2/c1-10-11-6-3-4-7-13(11)15(2)12(10)8-5-9-14/h3-8H,1-2H3/b8-5+. The molecule has 0 fully saturated rings. The highest BCUT2D eigenvalue weighted by atomic mass is 14.9. The molecule has 1 aromatic carbocycles. The van der Waals surface area contributed by atoms with Crippen LogP contribution in [0.2, 0.25) is 0 Å². The number of hydrogen-bond acceptors (Lipinski definition) is 1. The van der Waals surface area contributed by atoms with Gasteiger partial charge in [-0.3, -0.25) is 0 Å². The molecule has 0 amide bonds. The molecule has 0 bridgehead atoms. The summed E-state index contributed by atoms with van der Waals surface area (Å²) in [5, 5.41) is 9.79. The van der Waals surface area contributed by atoms with Gasteiger partial charge in [-0.05, 0) is 24.6 Å². The number of aromatic nitrogens is 1. The van der Waals surface area contributed by atoms with Gasteiger partial charge in [0, 0.05) is 29.7 Å². The third-order valence-electron chi connectivity index (χ3n) is 2.73. The molecule has 0 N–H and O–H groups in total. The van der Waals surface area contributed by atoms with E-state index in [0.29, 0.717) is 0 Å². The fourth-order valence-corrected chi connectivity index (χ4v) is 1.96. The second-order valence-electron chi connectivity index (χ2n) is 3.55. The Hall–Kier alpha value is -2.01. The van der Waals surface area contributed by atoms with Crippen LogP contribution in [0.1, 0.15) is 11.3 Å². The first-order valence-electron chi connectivity index (χ1n) is 4.86. The summed E-state index contributed by atoms with van der Waals surface area (Å²) in [6.45, 7) is 2.08. The number of aryl methyl sites for hydroxylation is 2. The molecule has 0 aliphatic rings. The summed E-state index contributed by atoms with van der Waals surface area (Å²) in [6.07, 6.45) is 3.37. The molecule has 0 atom stereocenters. The Bertz CT molecular complexity index is 529. The number of allylic oxidation sites excluding steroid dienone is 1. The molecule has 0 spiro atoms. The predicted molar refractivity (Wildman–Crippen MR) is 62.3 cm³/mol. The van der Waals surface area contributed by atoms with Crippen molar-refractivity contribution in [2.24, 2.45) is 7.05 Å². The predicted octanol–water partition coefficient (Wildman–Crippen LogP) is 3.02. The summed E-state index contributed by atoms with van der Waals surface area (Å²) in [5.41, 5.74) is 3.52. The molecule has 2 heteroatoms. The average molecular weight is 196 g/mol. The second kappa shape index (κ2) is 3.62. The molecule has 1 heterocycles. The second-order valence-corrected chi connectivity index (χ2v) is 3.55. The first-order chi connectivity index (χ1) is 7.25. The lowest BCUT2D eigenvalue weighted by Gasteiger charge is -1.98. The van der Waals surface area contributed by atoms with E-state index in [1.165, 1.54) is 22.5 Å². The van der Waals surface area contributed by atoms with Crippen molar-refractivity contribution in [2.45, 2.75) is 6.92 Å². The molecule has 0 saturated heterocycles. The fourth-order valence-electron chi connectivity index (χ4n) is 1.96. The topological polar surface area (TPSA) is 28.7 Å². The number of para-hydroxylation sites is 1. The minimum atomic E-state index is 1.10. The minimum Gasteiger partial charge on any atom is -0.344 e. The highest BCUT2D eigenvalue weighted by Crippen LogP contribution is 2.24. The number of hydrogen-bond donors (Lipinski definition) is 0. The molecular weight excluding hydrogens is 184 g/mol. The van der Waals surface area contributed by atoms with Crippen LogP contribution in [0.15, 0.2) is 30.3 Å². The van der Waals surface area contributed by atoms with E-state index in [1.54, 1.807) is 0 Å².